The van der Waals surface area contributed by atoms with Crippen molar-refractivity contribution in [3.05, 3.63) is 52.0 Å². The summed E-state index contributed by atoms with van der Waals surface area (Å²) in [5, 5.41) is 1.27. The molecule has 0 fully saturated rings. The van der Waals surface area contributed by atoms with Crippen molar-refractivity contribution in [3.8, 4) is 0 Å². The highest BCUT2D eigenvalue weighted by Gasteiger charge is 2.18. The third-order valence-electron chi connectivity index (χ3n) is 2.84. The summed E-state index contributed by atoms with van der Waals surface area (Å²) in [5.74, 6) is 6.43. The van der Waals surface area contributed by atoms with Gasteiger partial charge in [-0.3, -0.25) is 5.84 Å². The van der Waals surface area contributed by atoms with Crippen molar-refractivity contribution >= 4 is 23.2 Å². The molecule has 0 saturated carbocycles. The van der Waals surface area contributed by atoms with E-state index < -0.39 is 0 Å². The molecule has 1 unspecified atom stereocenters. The van der Waals surface area contributed by atoms with Gasteiger partial charge in [0, 0.05) is 29.5 Å². The summed E-state index contributed by atoms with van der Waals surface area (Å²) < 4.78 is 1.91. The quantitative estimate of drug-likeness (QED) is 0.670. The molecule has 1 aromatic carbocycles. The number of halogens is 2. The Hall–Kier alpha value is -1.07. The van der Waals surface area contributed by atoms with Gasteiger partial charge in [-0.2, -0.15) is 0 Å². The number of hydrazine groups is 1. The lowest BCUT2D eigenvalue weighted by Crippen LogP contribution is -2.31. The Balaban J connectivity index is 2.29. The number of aryl methyl sites for hydroxylation is 1. The van der Waals surface area contributed by atoms with Crippen molar-refractivity contribution < 1.29 is 0 Å². The molecule has 2 rings (SSSR count). The molecular weight excluding hydrogens is 271 g/mol. The first-order chi connectivity index (χ1) is 8.63. The third kappa shape index (κ3) is 2.67. The molecule has 0 aliphatic carbocycles. The lowest BCUT2D eigenvalue weighted by Gasteiger charge is -2.17. The number of hydrogen-bond donors (Lipinski definition) is 2. The van der Waals surface area contributed by atoms with Crippen LogP contribution in [0, 0.1) is 0 Å². The van der Waals surface area contributed by atoms with Gasteiger partial charge in [0.05, 0.1) is 6.04 Å². The van der Waals surface area contributed by atoms with Crippen LogP contribution in [0.25, 0.3) is 0 Å². The van der Waals surface area contributed by atoms with E-state index in [2.05, 4.69) is 10.4 Å². The summed E-state index contributed by atoms with van der Waals surface area (Å²) in [5.41, 5.74) is 3.61. The van der Waals surface area contributed by atoms with Crippen molar-refractivity contribution in [1.82, 2.24) is 15.0 Å². The third-order valence-corrected chi connectivity index (χ3v) is 3.55. The number of hydrogen-bond acceptors (Lipinski definition) is 3. The zero-order valence-electron chi connectivity index (χ0n) is 9.90. The largest absolute Gasteiger partial charge is 0.337 e. The van der Waals surface area contributed by atoms with Crippen LogP contribution in [0.2, 0.25) is 10.0 Å². The number of benzene rings is 1. The Morgan fingerprint density at radius 1 is 1.39 bits per heavy atom. The van der Waals surface area contributed by atoms with Gasteiger partial charge in [-0.15, -0.1) is 0 Å². The van der Waals surface area contributed by atoms with Crippen molar-refractivity contribution in [2.45, 2.75) is 12.5 Å². The molecule has 18 heavy (non-hydrogen) atoms. The van der Waals surface area contributed by atoms with Crippen molar-refractivity contribution in [1.29, 1.82) is 0 Å². The first-order valence-corrected chi connectivity index (χ1v) is 6.25. The van der Waals surface area contributed by atoms with E-state index in [0.717, 1.165) is 11.4 Å². The number of nitrogens with zero attached hydrogens (tertiary/aromatic N) is 2. The lowest BCUT2D eigenvalue weighted by atomic mass is 10.1. The molecule has 0 saturated heterocycles. The Bertz CT molecular complexity index is 518. The predicted molar refractivity (Wildman–Crippen MR) is 73.4 cm³/mol. The highest BCUT2D eigenvalue weighted by atomic mass is 35.5. The summed E-state index contributed by atoms with van der Waals surface area (Å²) >= 11 is 12.3. The van der Waals surface area contributed by atoms with Gasteiger partial charge in [-0.1, -0.05) is 29.3 Å². The highest BCUT2D eigenvalue weighted by Crippen LogP contribution is 2.28. The van der Waals surface area contributed by atoms with Crippen LogP contribution in [0.4, 0.5) is 0 Å². The Morgan fingerprint density at radius 3 is 2.56 bits per heavy atom. The first-order valence-electron chi connectivity index (χ1n) is 5.49. The topological polar surface area (TPSA) is 55.9 Å². The average Bonchev–Trinajstić information content (AvgIpc) is 2.76. The molecular formula is C12H14Cl2N4. The zero-order valence-corrected chi connectivity index (χ0v) is 11.4. The Morgan fingerprint density at radius 2 is 2.06 bits per heavy atom. The summed E-state index contributed by atoms with van der Waals surface area (Å²) in [6.07, 6.45) is 4.18. The molecule has 0 spiro atoms. The van der Waals surface area contributed by atoms with Crippen molar-refractivity contribution in [2.75, 3.05) is 0 Å². The standard InChI is InChI=1S/C12H14Cl2N4/c1-18-6-5-16-12(18)11(17-15)7-8-9(13)3-2-4-10(8)14/h2-6,11,17H,7,15H2,1H3. The van der Waals surface area contributed by atoms with Gasteiger partial charge in [-0.05, 0) is 24.1 Å². The van der Waals surface area contributed by atoms with Crippen LogP contribution in [0.5, 0.6) is 0 Å². The maximum absolute atomic E-state index is 6.15. The van der Waals surface area contributed by atoms with Gasteiger partial charge in [0.15, 0.2) is 0 Å². The molecule has 0 aliphatic rings. The molecule has 0 bridgehead atoms. The van der Waals surface area contributed by atoms with Crippen LogP contribution >= 0.6 is 23.2 Å². The molecule has 4 nitrogen and oxygen atoms in total. The molecule has 3 N–H and O–H groups in total. The van der Waals surface area contributed by atoms with E-state index in [-0.39, 0.29) is 6.04 Å². The first kappa shape index (κ1) is 13.4. The Kier molecular flexibility index (Phi) is 4.24. The summed E-state index contributed by atoms with van der Waals surface area (Å²) in [4.78, 5) is 4.28. The summed E-state index contributed by atoms with van der Waals surface area (Å²) in [6.45, 7) is 0. The predicted octanol–water partition coefficient (Wildman–Crippen LogP) is 2.47. The highest BCUT2D eigenvalue weighted by molar-refractivity contribution is 6.36. The molecule has 6 heteroatoms. The number of imidazole rings is 1. The fourth-order valence-electron chi connectivity index (χ4n) is 1.87. The van der Waals surface area contributed by atoms with E-state index in [4.69, 9.17) is 29.0 Å². The summed E-state index contributed by atoms with van der Waals surface area (Å²) in [7, 11) is 1.92. The minimum Gasteiger partial charge on any atom is -0.337 e. The van der Waals surface area contributed by atoms with Crippen LogP contribution < -0.4 is 11.3 Å². The van der Waals surface area contributed by atoms with Gasteiger partial charge in [0.1, 0.15) is 5.82 Å². The number of rotatable bonds is 4. The molecule has 1 atom stereocenters. The minimum atomic E-state index is -0.137. The van der Waals surface area contributed by atoms with Gasteiger partial charge in [0.2, 0.25) is 0 Å². The minimum absolute atomic E-state index is 0.137. The van der Waals surface area contributed by atoms with Gasteiger partial charge < -0.3 is 4.57 Å². The average molecular weight is 285 g/mol. The van der Waals surface area contributed by atoms with Crippen LogP contribution in [0.3, 0.4) is 0 Å². The molecule has 96 valence electrons. The SMILES string of the molecule is Cn1ccnc1C(Cc1c(Cl)cccc1Cl)NN. The Labute approximate surface area is 116 Å². The van der Waals surface area contributed by atoms with Crippen molar-refractivity contribution in [3.63, 3.8) is 0 Å². The van der Waals surface area contributed by atoms with Crippen LogP contribution in [0.1, 0.15) is 17.4 Å². The smallest absolute Gasteiger partial charge is 0.127 e. The zero-order chi connectivity index (χ0) is 13.1. The number of aromatic nitrogens is 2. The van der Waals surface area contributed by atoms with E-state index in [0.29, 0.717) is 16.5 Å². The van der Waals surface area contributed by atoms with E-state index in [1.807, 2.05) is 36.0 Å². The van der Waals surface area contributed by atoms with Gasteiger partial charge >= 0.3 is 0 Å². The maximum Gasteiger partial charge on any atom is 0.127 e. The van der Waals surface area contributed by atoms with E-state index in [1.54, 1.807) is 6.20 Å². The maximum atomic E-state index is 6.15. The monoisotopic (exact) mass is 284 g/mol. The summed E-state index contributed by atoms with van der Waals surface area (Å²) in [6, 6.07) is 5.31. The van der Waals surface area contributed by atoms with E-state index in [1.165, 1.54) is 0 Å². The fraction of sp³-hybridized carbons (Fsp3) is 0.250. The second-order valence-electron chi connectivity index (χ2n) is 4.02. The van der Waals surface area contributed by atoms with Crippen LogP contribution in [0.15, 0.2) is 30.6 Å². The molecule has 1 aromatic heterocycles. The fourth-order valence-corrected chi connectivity index (χ4v) is 2.42. The molecule has 0 amide bonds. The number of nitrogens with two attached hydrogens (primary N) is 1. The van der Waals surface area contributed by atoms with Crippen LogP contribution in [-0.4, -0.2) is 9.55 Å². The molecule has 0 radical (unpaired) electrons. The number of nitrogens with one attached hydrogen (secondary N) is 1. The van der Waals surface area contributed by atoms with Crippen molar-refractivity contribution in [2.24, 2.45) is 12.9 Å². The molecule has 0 aliphatic heterocycles. The second-order valence-corrected chi connectivity index (χ2v) is 4.83. The molecule has 1 heterocycles. The van der Waals surface area contributed by atoms with Gasteiger partial charge in [-0.25, -0.2) is 10.4 Å². The van der Waals surface area contributed by atoms with Gasteiger partial charge in [0.25, 0.3) is 0 Å². The normalized spacial score (nSPS) is 12.7. The molecule has 2 aromatic rings. The van der Waals surface area contributed by atoms with E-state index >= 15 is 0 Å². The second kappa shape index (κ2) is 5.71. The lowest BCUT2D eigenvalue weighted by molar-refractivity contribution is 0.507. The van der Waals surface area contributed by atoms with E-state index in [9.17, 15) is 0 Å². The van der Waals surface area contributed by atoms with Crippen LogP contribution in [-0.2, 0) is 13.5 Å².